The van der Waals surface area contributed by atoms with Crippen molar-refractivity contribution in [3.63, 3.8) is 0 Å². The predicted molar refractivity (Wildman–Crippen MR) is 109 cm³/mol. The van der Waals surface area contributed by atoms with Crippen LogP contribution >= 0.6 is 11.3 Å². The van der Waals surface area contributed by atoms with Gasteiger partial charge in [0, 0.05) is 24.2 Å². The molecule has 2 aromatic heterocycles. The molecule has 0 unspecified atom stereocenters. The van der Waals surface area contributed by atoms with Crippen LogP contribution in [0, 0.1) is 6.92 Å². The summed E-state index contributed by atoms with van der Waals surface area (Å²) in [6.45, 7) is 6.29. The zero-order valence-electron chi connectivity index (χ0n) is 16.0. The van der Waals surface area contributed by atoms with Crippen LogP contribution in [-0.4, -0.2) is 28.6 Å². The van der Waals surface area contributed by atoms with Crippen molar-refractivity contribution in [2.75, 3.05) is 11.9 Å². The number of nitrogens with zero attached hydrogens (tertiary/aromatic N) is 2. The highest BCUT2D eigenvalue weighted by molar-refractivity contribution is 7.17. The van der Waals surface area contributed by atoms with Crippen molar-refractivity contribution in [3.05, 3.63) is 52.7 Å². The molecule has 3 heterocycles. The minimum absolute atomic E-state index is 0.125. The molecule has 7 heteroatoms. The van der Waals surface area contributed by atoms with Crippen LogP contribution in [0.25, 0.3) is 10.7 Å². The Balaban J connectivity index is 1.62. The first-order valence-corrected chi connectivity index (χ1v) is 10.0. The largest absolute Gasteiger partial charge is 0.492 e. The number of ether oxygens (including phenoxy) is 2. The highest BCUT2D eigenvalue weighted by atomic mass is 32.1. The van der Waals surface area contributed by atoms with Crippen LogP contribution in [0.1, 0.15) is 34.8 Å². The number of nitrogens with one attached hydrogen (secondary N) is 1. The van der Waals surface area contributed by atoms with Gasteiger partial charge in [0.15, 0.2) is 0 Å². The number of carbonyl (C=O) groups is 1. The zero-order chi connectivity index (χ0) is 19.7. The van der Waals surface area contributed by atoms with Crippen molar-refractivity contribution in [2.45, 2.75) is 33.3 Å². The number of hydrogen-bond acceptors (Lipinski definition) is 6. The summed E-state index contributed by atoms with van der Waals surface area (Å²) < 4.78 is 11.6. The van der Waals surface area contributed by atoms with E-state index in [1.807, 2.05) is 51.1 Å². The number of aryl methyl sites for hydroxylation is 1. The van der Waals surface area contributed by atoms with Crippen molar-refractivity contribution >= 4 is 22.9 Å². The van der Waals surface area contributed by atoms with Crippen LogP contribution in [-0.2, 0) is 6.42 Å². The summed E-state index contributed by atoms with van der Waals surface area (Å²) in [7, 11) is 0. The fraction of sp³-hybridized carbons (Fsp3) is 0.286. The first kappa shape index (κ1) is 18.4. The van der Waals surface area contributed by atoms with Crippen LogP contribution < -0.4 is 14.8 Å². The number of thiazole rings is 1. The average Bonchev–Trinajstić information content (AvgIpc) is 3.24. The molecule has 0 spiro atoms. The molecule has 3 aromatic rings. The van der Waals surface area contributed by atoms with Gasteiger partial charge >= 0.3 is 0 Å². The van der Waals surface area contributed by atoms with Crippen molar-refractivity contribution in [3.8, 4) is 22.2 Å². The average molecular weight is 395 g/mol. The second-order valence-electron chi connectivity index (χ2n) is 6.62. The normalized spacial score (nSPS) is 15.0. The lowest BCUT2D eigenvalue weighted by atomic mass is 10.1. The maximum absolute atomic E-state index is 12.9. The molecule has 1 atom stereocenters. The summed E-state index contributed by atoms with van der Waals surface area (Å²) in [5, 5.41) is 3.69. The van der Waals surface area contributed by atoms with E-state index in [9.17, 15) is 4.79 Å². The number of anilines is 1. The van der Waals surface area contributed by atoms with Crippen molar-refractivity contribution in [1.29, 1.82) is 0 Å². The molecule has 144 valence electrons. The maximum atomic E-state index is 12.9. The number of hydrogen-bond donors (Lipinski definition) is 1. The standard InChI is InChI=1S/C21H21N3O3S/c1-4-26-18-10-14-9-12(2)27-17(14)11-16(18)24-20(25)19-13(3)23-21(28-19)15-7-5-6-8-22-15/h5-8,10-12H,4,9H2,1-3H3,(H,24,25)/t12-/m0/s1. The molecule has 1 aromatic carbocycles. The van der Waals surface area contributed by atoms with E-state index in [0.29, 0.717) is 28.6 Å². The van der Waals surface area contributed by atoms with Gasteiger partial charge in [0.05, 0.1) is 23.7 Å². The van der Waals surface area contributed by atoms with Crippen molar-refractivity contribution in [2.24, 2.45) is 0 Å². The first-order valence-electron chi connectivity index (χ1n) is 9.21. The van der Waals surface area contributed by atoms with Gasteiger partial charge in [-0.2, -0.15) is 0 Å². The van der Waals surface area contributed by atoms with E-state index < -0.39 is 0 Å². The molecule has 0 radical (unpaired) electrons. The van der Waals surface area contributed by atoms with Gasteiger partial charge in [-0.05, 0) is 39.0 Å². The van der Waals surface area contributed by atoms with Crippen LogP contribution in [0.3, 0.4) is 0 Å². The van der Waals surface area contributed by atoms with Gasteiger partial charge in [-0.25, -0.2) is 4.98 Å². The molecule has 1 N–H and O–H groups in total. The van der Waals surface area contributed by atoms with Crippen molar-refractivity contribution in [1.82, 2.24) is 9.97 Å². The van der Waals surface area contributed by atoms with Crippen molar-refractivity contribution < 1.29 is 14.3 Å². The smallest absolute Gasteiger partial charge is 0.267 e. The molecular formula is C21H21N3O3S. The van der Waals surface area contributed by atoms with E-state index in [1.165, 1.54) is 11.3 Å². The Bertz CT molecular complexity index is 1020. The Labute approximate surface area is 167 Å². The summed E-state index contributed by atoms with van der Waals surface area (Å²) in [5.41, 5.74) is 3.13. The molecular weight excluding hydrogens is 374 g/mol. The zero-order valence-corrected chi connectivity index (χ0v) is 16.8. The van der Waals surface area contributed by atoms with E-state index in [-0.39, 0.29) is 12.0 Å². The molecule has 0 saturated carbocycles. The first-order chi connectivity index (χ1) is 13.5. The van der Waals surface area contributed by atoms with Gasteiger partial charge in [0.25, 0.3) is 5.91 Å². The van der Waals surface area contributed by atoms with Gasteiger partial charge in [0.1, 0.15) is 27.5 Å². The monoisotopic (exact) mass is 395 g/mol. The summed E-state index contributed by atoms with van der Waals surface area (Å²) in [6.07, 6.45) is 2.68. The van der Waals surface area contributed by atoms with E-state index in [0.717, 1.165) is 28.4 Å². The summed E-state index contributed by atoms with van der Waals surface area (Å²) >= 11 is 1.33. The third kappa shape index (κ3) is 3.57. The Morgan fingerprint density at radius 1 is 1.39 bits per heavy atom. The lowest BCUT2D eigenvalue weighted by molar-refractivity contribution is 0.102. The van der Waals surface area contributed by atoms with Crippen LogP contribution in [0.15, 0.2) is 36.5 Å². The second-order valence-corrected chi connectivity index (χ2v) is 7.62. The fourth-order valence-corrected chi connectivity index (χ4v) is 4.14. The molecule has 4 rings (SSSR count). The Hall–Kier alpha value is -2.93. The highest BCUT2D eigenvalue weighted by Crippen LogP contribution is 2.38. The fourth-order valence-electron chi connectivity index (χ4n) is 3.20. The second kappa shape index (κ2) is 7.59. The quantitative estimate of drug-likeness (QED) is 0.689. The summed E-state index contributed by atoms with van der Waals surface area (Å²) in [4.78, 5) is 22.3. The molecule has 28 heavy (non-hydrogen) atoms. The van der Waals surface area contributed by atoms with E-state index in [2.05, 4.69) is 15.3 Å². The lowest BCUT2D eigenvalue weighted by Crippen LogP contribution is -2.13. The number of pyridine rings is 1. The third-order valence-corrected chi connectivity index (χ3v) is 5.61. The number of amides is 1. The minimum atomic E-state index is -0.218. The summed E-state index contributed by atoms with van der Waals surface area (Å²) in [6, 6.07) is 9.43. The van der Waals surface area contributed by atoms with Gasteiger partial charge in [0.2, 0.25) is 0 Å². The third-order valence-electron chi connectivity index (χ3n) is 4.43. The number of aromatic nitrogens is 2. The molecule has 0 aliphatic carbocycles. The SMILES string of the molecule is CCOc1cc2c(cc1NC(=O)c1sc(-c3ccccn3)nc1C)O[C@@H](C)C2. The predicted octanol–water partition coefficient (Wildman–Crippen LogP) is 4.49. The molecule has 6 nitrogen and oxygen atoms in total. The van der Waals surface area contributed by atoms with E-state index in [1.54, 1.807) is 6.20 Å². The Morgan fingerprint density at radius 2 is 2.25 bits per heavy atom. The van der Waals surface area contributed by atoms with Gasteiger partial charge in [-0.15, -0.1) is 11.3 Å². The van der Waals surface area contributed by atoms with Crippen LogP contribution in [0.5, 0.6) is 11.5 Å². The highest BCUT2D eigenvalue weighted by Gasteiger charge is 2.24. The van der Waals surface area contributed by atoms with Gasteiger partial charge < -0.3 is 14.8 Å². The van der Waals surface area contributed by atoms with Gasteiger partial charge in [-0.3, -0.25) is 9.78 Å². The number of benzene rings is 1. The number of rotatable bonds is 5. The molecule has 1 aliphatic heterocycles. The lowest BCUT2D eigenvalue weighted by Gasteiger charge is -2.13. The minimum Gasteiger partial charge on any atom is -0.492 e. The molecule has 1 aliphatic rings. The van der Waals surface area contributed by atoms with Gasteiger partial charge in [-0.1, -0.05) is 6.07 Å². The topological polar surface area (TPSA) is 73.3 Å². The molecule has 1 amide bonds. The van der Waals surface area contributed by atoms with Crippen LogP contribution in [0.4, 0.5) is 5.69 Å². The Morgan fingerprint density at radius 3 is 3.00 bits per heavy atom. The van der Waals surface area contributed by atoms with Crippen LogP contribution in [0.2, 0.25) is 0 Å². The molecule has 0 saturated heterocycles. The van der Waals surface area contributed by atoms with E-state index >= 15 is 0 Å². The summed E-state index contributed by atoms with van der Waals surface area (Å²) in [5.74, 6) is 1.23. The van der Waals surface area contributed by atoms with E-state index in [4.69, 9.17) is 9.47 Å². The number of carbonyl (C=O) groups excluding carboxylic acids is 1. The Kier molecular flexibility index (Phi) is 5.00. The number of fused-ring (bicyclic) bond motifs is 1. The molecule has 0 bridgehead atoms. The molecule has 0 fully saturated rings. The maximum Gasteiger partial charge on any atom is 0.267 e.